The molecular formula is C14H23N3O4S. The molecule has 0 amide bonds. The first-order valence-corrected chi connectivity index (χ1v) is 9.05. The predicted octanol–water partition coefficient (Wildman–Crippen LogP) is 2.64. The summed E-state index contributed by atoms with van der Waals surface area (Å²) in [6, 6.07) is 5.33. The third-order valence-corrected chi connectivity index (χ3v) is 4.59. The number of nitrogens with two attached hydrogens (primary N) is 1. The summed E-state index contributed by atoms with van der Waals surface area (Å²) in [5.74, 6) is 0.0564. The van der Waals surface area contributed by atoms with Crippen molar-refractivity contribution in [3.63, 3.8) is 0 Å². The highest BCUT2D eigenvalue weighted by atomic mass is 32.2. The van der Waals surface area contributed by atoms with E-state index >= 15 is 0 Å². The van der Waals surface area contributed by atoms with E-state index in [0.29, 0.717) is 18.7 Å². The van der Waals surface area contributed by atoms with Gasteiger partial charge in [0.25, 0.3) is 5.69 Å². The molecule has 0 aromatic heterocycles. The van der Waals surface area contributed by atoms with Gasteiger partial charge in [0, 0.05) is 17.8 Å². The Morgan fingerprint density at radius 1 is 1.00 bits per heavy atom. The van der Waals surface area contributed by atoms with E-state index in [1.165, 1.54) is 24.3 Å². The van der Waals surface area contributed by atoms with Gasteiger partial charge in [0.1, 0.15) is 0 Å². The number of nitro groups is 1. The van der Waals surface area contributed by atoms with Gasteiger partial charge in [-0.3, -0.25) is 14.8 Å². The van der Waals surface area contributed by atoms with E-state index in [2.05, 4.69) is 4.72 Å². The Bertz CT molecular complexity index is 558. The number of hydrogen-bond donors (Lipinski definition) is 2. The van der Waals surface area contributed by atoms with Gasteiger partial charge in [0.2, 0.25) is 10.0 Å². The molecule has 0 saturated heterocycles. The molecule has 0 bridgehead atoms. The first kappa shape index (κ1) is 18.4. The number of hydrogen-bond acceptors (Lipinski definition) is 5. The average molecular weight is 329 g/mol. The lowest BCUT2D eigenvalue weighted by Crippen LogP contribution is -2.16. The molecule has 0 atom stereocenters. The van der Waals surface area contributed by atoms with Crippen LogP contribution in [0, 0.1) is 10.1 Å². The van der Waals surface area contributed by atoms with Crippen molar-refractivity contribution in [3.05, 3.63) is 34.4 Å². The van der Waals surface area contributed by atoms with Crippen molar-refractivity contribution >= 4 is 21.4 Å². The number of unbranched alkanes of at least 4 members (excludes halogenated alkanes) is 5. The molecular weight excluding hydrogens is 306 g/mol. The van der Waals surface area contributed by atoms with Crippen LogP contribution >= 0.6 is 0 Å². The number of benzene rings is 1. The van der Waals surface area contributed by atoms with E-state index in [1.54, 1.807) is 0 Å². The zero-order valence-electron chi connectivity index (χ0n) is 12.5. The van der Waals surface area contributed by atoms with Crippen molar-refractivity contribution in [1.82, 2.24) is 0 Å². The van der Waals surface area contributed by atoms with Gasteiger partial charge >= 0.3 is 0 Å². The molecule has 0 fully saturated rings. The van der Waals surface area contributed by atoms with Crippen LogP contribution in [0.25, 0.3) is 0 Å². The fraction of sp³-hybridized carbons (Fsp3) is 0.571. The molecule has 0 aliphatic rings. The standard InChI is InChI=1S/C14H23N3O4S/c15-11-5-3-1-2-4-6-12-22(20,21)16-13-7-9-14(10-8-13)17(18)19/h7-10,16H,1-6,11-12,15H2. The first-order chi connectivity index (χ1) is 10.4. The maximum absolute atomic E-state index is 11.9. The summed E-state index contributed by atoms with van der Waals surface area (Å²) in [6.07, 6.45) is 5.65. The van der Waals surface area contributed by atoms with Gasteiger partial charge in [0.05, 0.1) is 10.7 Å². The van der Waals surface area contributed by atoms with Crippen LogP contribution in [-0.4, -0.2) is 25.6 Å². The van der Waals surface area contributed by atoms with E-state index in [0.717, 1.165) is 32.1 Å². The lowest BCUT2D eigenvalue weighted by molar-refractivity contribution is -0.384. The Hall–Kier alpha value is -1.67. The smallest absolute Gasteiger partial charge is 0.269 e. The molecule has 1 aromatic carbocycles. The second-order valence-corrected chi connectivity index (χ2v) is 6.98. The molecule has 0 aliphatic carbocycles. The topological polar surface area (TPSA) is 115 Å². The molecule has 0 unspecified atom stereocenters. The minimum atomic E-state index is -3.40. The molecule has 7 nitrogen and oxygen atoms in total. The van der Waals surface area contributed by atoms with Crippen LogP contribution in [0.15, 0.2) is 24.3 Å². The minimum absolute atomic E-state index is 0.0564. The van der Waals surface area contributed by atoms with Gasteiger partial charge in [0.15, 0.2) is 0 Å². The highest BCUT2D eigenvalue weighted by Gasteiger charge is 2.11. The summed E-state index contributed by atoms with van der Waals surface area (Å²) >= 11 is 0. The zero-order chi connectivity index (χ0) is 16.4. The molecule has 0 aliphatic heterocycles. The molecule has 3 N–H and O–H groups in total. The van der Waals surface area contributed by atoms with Crippen molar-refractivity contribution < 1.29 is 13.3 Å². The van der Waals surface area contributed by atoms with Crippen LogP contribution < -0.4 is 10.5 Å². The maximum Gasteiger partial charge on any atom is 0.269 e. The highest BCUT2D eigenvalue weighted by Crippen LogP contribution is 2.17. The summed E-state index contributed by atoms with van der Waals surface area (Å²) in [4.78, 5) is 10.0. The summed E-state index contributed by atoms with van der Waals surface area (Å²) in [6.45, 7) is 0.702. The number of rotatable bonds is 11. The van der Waals surface area contributed by atoms with Crippen molar-refractivity contribution in [3.8, 4) is 0 Å². The number of nitro benzene ring substituents is 1. The third kappa shape index (κ3) is 7.37. The summed E-state index contributed by atoms with van der Waals surface area (Å²) < 4.78 is 26.2. The van der Waals surface area contributed by atoms with Crippen molar-refractivity contribution in [2.75, 3.05) is 17.0 Å². The molecule has 0 heterocycles. The van der Waals surface area contributed by atoms with Gasteiger partial charge in [-0.15, -0.1) is 0 Å². The van der Waals surface area contributed by atoms with Crippen LogP contribution in [-0.2, 0) is 10.0 Å². The van der Waals surface area contributed by atoms with Crippen molar-refractivity contribution in [1.29, 1.82) is 0 Å². The van der Waals surface area contributed by atoms with Gasteiger partial charge < -0.3 is 5.73 Å². The number of nitrogens with zero attached hydrogens (tertiary/aromatic N) is 1. The van der Waals surface area contributed by atoms with Crippen LogP contribution in [0.3, 0.4) is 0 Å². The lowest BCUT2D eigenvalue weighted by Gasteiger charge is -2.07. The van der Waals surface area contributed by atoms with Crippen LogP contribution in [0.1, 0.15) is 38.5 Å². The maximum atomic E-state index is 11.9. The Labute approximate surface area is 131 Å². The quantitative estimate of drug-likeness (QED) is 0.368. The van der Waals surface area contributed by atoms with Crippen molar-refractivity contribution in [2.45, 2.75) is 38.5 Å². The number of nitrogens with one attached hydrogen (secondary N) is 1. The van der Waals surface area contributed by atoms with E-state index in [1.807, 2.05) is 0 Å². The monoisotopic (exact) mass is 329 g/mol. The van der Waals surface area contributed by atoms with Gasteiger partial charge in [-0.25, -0.2) is 8.42 Å². The molecule has 22 heavy (non-hydrogen) atoms. The Kier molecular flexibility index (Phi) is 7.83. The molecule has 124 valence electrons. The highest BCUT2D eigenvalue weighted by molar-refractivity contribution is 7.92. The van der Waals surface area contributed by atoms with E-state index < -0.39 is 14.9 Å². The van der Waals surface area contributed by atoms with E-state index in [-0.39, 0.29) is 11.4 Å². The molecule has 0 radical (unpaired) electrons. The summed E-state index contributed by atoms with van der Waals surface area (Å²) in [7, 11) is -3.40. The molecule has 1 rings (SSSR count). The van der Waals surface area contributed by atoms with Crippen LogP contribution in [0.4, 0.5) is 11.4 Å². The van der Waals surface area contributed by atoms with Gasteiger partial charge in [-0.05, 0) is 31.5 Å². The number of anilines is 1. The van der Waals surface area contributed by atoms with E-state index in [9.17, 15) is 18.5 Å². The second kappa shape index (κ2) is 9.37. The SMILES string of the molecule is NCCCCCCCCS(=O)(=O)Nc1ccc([N+](=O)[O-])cc1. The zero-order valence-corrected chi connectivity index (χ0v) is 13.3. The first-order valence-electron chi connectivity index (χ1n) is 7.39. The predicted molar refractivity (Wildman–Crippen MR) is 87.3 cm³/mol. The molecule has 0 spiro atoms. The average Bonchev–Trinajstić information content (AvgIpc) is 2.46. The molecule has 0 saturated carbocycles. The normalized spacial score (nSPS) is 11.3. The van der Waals surface area contributed by atoms with E-state index in [4.69, 9.17) is 5.73 Å². The summed E-state index contributed by atoms with van der Waals surface area (Å²) in [5.41, 5.74) is 5.67. The fourth-order valence-electron chi connectivity index (χ4n) is 2.03. The Morgan fingerprint density at radius 3 is 2.09 bits per heavy atom. The van der Waals surface area contributed by atoms with Crippen LogP contribution in [0.5, 0.6) is 0 Å². The van der Waals surface area contributed by atoms with Gasteiger partial charge in [-0.2, -0.15) is 0 Å². The molecule has 1 aromatic rings. The third-order valence-electron chi connectivity index (χ3n) is 3.22. The number of non-ortho nitro benzene ring substituents is 1. The second-order valence-electron chi connectivity index (χ2n) is 5.13. The van der Waals surface area contributed by atoms with Gasteiger partial charge in [-0.1, -0.05) is 25.7 Å². The van der Waals surface area contributed by atoms with Crippen molar-refractivity contribution in [2.24, 2.45) is 5.73 Å². The minimum Gasteiger partial charge on any atom is -0.330 e. The largest absolute Gasteiger partial charge is 0.330 e. The Morgan fingerprint density at radius 2 is 1.55 bits per heavy atom. The fourth-order valence-corrected chi connectivity index (χ4v) is 3.21. The number of sulfonamides is 1. The Balaban J connectivity index is 2.32. The summed E-state index contributed by atoms with van der Waals surface area (Å²) in [5, 5.41) is 10.5. The van der Waals surface area contributed by atoms with Crippen LogP contribution in [0.2, 0.25) is 0 Å². The molecule has 8 heteroatoms. The lowest BCUT2D eigenvalue weighted by atomic mass is 10.1.